The van der Waals surface area contributed by atoms with Crippen molar-refractivity contribution in [3.8, 4) is 11.5 Å². The highest BCUT2D eigenvalue weighted by Crippen LogP contribution is 2.59. The molecule has 0 radical (unpaired) electrons. The third kappa shape index (κ3) is 2.86. The maximum atomic E-state index is 12.7. The quantitative estimate of drug-likeness (QED) is 0.689. The second-order valence-electron chi connectivity index (χ2n) is 9.03. The van der Waals surface area contributed by atoms with E-state index in [1.54, 1.807) is 11.1 Å². The Hall–Kier alpha value is -2.70. The number of anilines is 1. The molecular formula is C22H28N6O. The van der Waals surface area contributed by atoms with E-state index in [4.69, 9.17) is 0 Å². The van der Waals surface area contributed by atoms with Crippen LogP contribution < -0.4 is 4.90 Å². The van der Waals surface area contributed by atoms with Crippen molar-refractivity contribution in [1.29, 1.82) is 0 Å². The van der Waals surface area contributed by atoms with Crippen LogP contribution in [0.2, 0.25) is 0 Å². The Morgan fingerprint density at radius 2 is 2.17 bits per heavy atom. The first-order valence-electron chi connectivity index (χ1n) is 10.6. The maximum absolute atomic E-state index is 12.7. The van der Waals surface area contributed by atoms with Crippen molar-refractivity contribution in [2.75, 3.05) is 11.9 Å². The van der Waals surface area contributed by atoms with E-state index < -0.39 is 0 Å². The van der Waals surface area contributed by atoms with Crippen molar-refractivity contribution in [2.45, 2.75) is 52.9 Å². The van der Waals surface area contributed by atoms with Crippen LogP contribution in [-0.2, 0) is 17.6 Å². The fraction of sp³-hybridized carbons (Fsp3) is 0.545. The molecule has 0 aromatic carbocycles. The number of carbonyl (C=O) groups is 1. The molecule has 2 N–H and O–H groups in total. The van der Waals surface area contributed by atoms with Crippen molar-refractivity contribution in [1.82, 2.24) is 25.1 Å². The third-order valence-corrected chi connectivity index (χ3v) is 7.12. The summed E-state index contributed by atoms with van der Waals surface area (Å²) >= 11 is 0. The van der Waals surface area contributed by atoms with Gasteiger partial charge in [0.2, 0.25) is 5.91 Å². The van der Waals surface area contributed by atoms with E-state index in [2.05, 4.69) is 45.9 Å². The number of amides is 1. The molecule has 0 unspecified atom stereocenters. The highest BCUT2D eigenvalue weighted by molar-refractivity contribution is 5.95. The Bertz CT molecular complexity index is 1090. The van der Waals surface area contributed by atoms with E-state index in [0.717, 1.165) is 54.3 Å². The lowest BCUT2D eigenvalue weighted by Crippen LogP contribution is -2.32. The maximum Gasteiger partial charge on any atom is 0.229 e. The lowest BCUT2D eigenvalue weighted by Gasteiger charge is -2.21. The Labute approximate surface area is 170 Å². The van der Waals surface area contributed by atoms with Crippen LogP contribution in [0.4, 0.5) is 5.69 Å². The van der Waals surface area contributed by atoms with E-state index in [-0.39, 0.29) is 11.8 Å². The minimum atomic E-state index is 0.0386. The highest BCUT2D eigenvalue weighted by atomic mass is 16.2. The van der Waals surface area contributed by atoms with E-state index in [0.29, 0.717) is 11.1 Å². The van der Waals surface area contributed by atoms with Crippen molar-refractivity contribution >= 4 is 22.8 Å². The third-order valence-electron chi connectivity index (χ3n) is 7.12. The predicted molar refractivity (Wildman–Crippen MR) is 113 cm³/mol. The zero-order chi connectivity index (χ0) is 20.3. The molecule has 1 saturated carbocycles. The highest BCUT2D eigenvalue weighted by Gasteiger charge is 2.53. The van der Waals surface area contributed by atoms with Crippen molar-refractivity contribution in [3.05, 3.63) is 23.5 Å². The molecule has 1 amide bonds. The van der Waals surface area contributed by atoms with Crippen LogP contribution in [0.3, 0.4) is 0 Å². The Kier molecular flexibility index (Phi) is 4.05. The summed E-state index contributed by atoms with van der Waals surface area (Å²) in [5.41, 5.74) is 6.18. The minimum absolute atomic E-state index is 0.0386. The van der Waals surface area contributed by atoms with Crippen molar-refractivity contribution < 1.29 is 4.79 Å². The molecule has 3 heterocycles. The van der Waals surface area contributed by atoms with E-state index in [9.17, 15) is 4.79 Å². The number of carbonyl (C=O) groups excluding carboxylic acids is 1. The Morgan fingerprint density at radius 1 is 1.38 bits per heavy atom. The molecule has 2 aliphatic carbocycles. The van der Waals surface area contributed by atoms with Gasteiger partial charge in [0.15, 0.2) is 11.5 Å². The van der Waals surface area contributed by atoms with Gasteiger partial charge in [-0.3, -0.25) is 9.89 Å². The van der Waals surface area contributed by atoms with E-state index in [1.807, 2.05) is 13.1 Å². The molecule has 0 bridgehead atoms. The first-order valence-corrected chi connectivity index (χ1v) is 10.6. The second-order valence-corrected chi connectivity index (χ2v) is 9.03. The molecule has 0 saturated heterocycles. The molecule has 3 aromatic rings. The van der Waals surface area contributed by atoms with Crippen LogP contribution in [0, 0.1) is 17.3 Å². The predicted octanol–water partition coefficient (Wildman–Crippen LogP) is 3.87. The first kappa shape index (κ1) is 18.3. The molecular weight excluding hydrogens is 364 g/mol. The smallest absolute Gasteiger partial charge is 0.229 e. The molecule has 7 heteroatoms. The zero-order valence-corrected chi connectivity index (χ0v) is 17.5. The summed E-state index contributed by atoms with van der Waals surface area (Å²) in [4.78, 5) is 27.0. The number of H-pyrrole nitrogens is 2. The lowest BCUT2D eigenvalue weighted by atomic mass is 9.88. The van der Waals surface area contributed by atoms with Crippen LogP contribution in [0.5, 0.6) is 0 Å². The number of pyridine rings is 1. The number of aromatic amines is 2. The molecule has 29 heavy (non-hydrogen) atoms. The van der Waals surface area contributed by atoms with Gasteiger partial charge in [-0.2, -0.15) is 5.10 Å². The molecule has 5 rings (SSSR count). The zero-order valence-electron chi connectivity index (χ0n) is 17.5. The molecule has 3 aromatic heterocycles. The van der Waals surface area contributed by atoms with Crippen LogP contribution >= 0.6 is 0 Å². The molecule has 2 atom stereocenters. The van der Waals surface area contributed by atoms with E-state index >= 15 is 0 Å². The fourth-order valence-corrected chi connectivity index (χ4v) is 4.88. The number of hydrogen-bond acceptors (Lipinski definition) is 4. The van der Waals surface area contributed by atoms with E-state index in [1.165, 1.54) is 17.7 Å². The fourth-order valence-electron chi connectivity index (χ4n) is 4.88. The number of hydrogen-bond donors (Lipinski definition) is 2. The summed E-state index contributed by atoms with van der Waals surface area (Å²) in [6, 6.07) is 1.95. The average Bonchev–Trinajstić information content (AvgIpc) is 3.03. The van der Waals surface area contributed by atoms with Crippen LogP contribution in [-0.4, -0.2) is 38.1 Å². The van der Waals surface area contributed by atoms with Gasteiger partial charge in [-0.05, 0) is 49.5 Å². The normalized spacial score (nSPS) is 22.6. The number of nitrogens with zero attached hydrogens (tertiary/aromatic N) is 4. The Morgan fingerprint density at radius 3 is 2.93 bits per heavy atom. The van der Waals surface area contributed by atoms with Crippen LogP contribution in [0.25, 0.3) is 22.7 Å². The number of fused-ring (bicyclic) bond motifs is 3. The van der Waals surface area contributed by atoms with Gasteiger partial charge in [0.05, 0.1) is 17.4 Å². The largest absolute Gasteiger partial charge is 0.335 e. The van der Waals surface area contributed by atoms with Gasteiger partial charge in [-0.25, -0.2) is 9.97 Å². The first-order chi connectivity index (χ1) is 13.9. The standard InChI is InChI=1S/C22H28N6O/c1-5-12(6-2)21(29)28(4)14-8-16-19(23-11-14)25-20(24-16)18-15-7-13-9-22(13,3)10-17(15)26-27-18/h8,11-13H,5-7,9-10H2,1-4H3,(H,26,27)(H,23,24,25)/t13-,22-/m1/s1. The van der Waals surface area contributed by atoms with Gasteiger partial charge in [-0.15, -0.1) is 0 Å². The van der Waals surface area contributed by atoms with Gasteiger partial charge in [0.25, 0.3) is 0 Å². The summed E-state index contributed by atoms with van der Waals surface area (Å²) in [5.74, 6) is 1.69. The number of rotatable bonds is 5. The van der Waals surface area contributed by atoms with Gasteiger partial charge < -0.3 is 9.88 Å². The van der Waals surface area contributed by atoms with Gasteiger partial charge in [0.1, 0.15) is 5.69 Å². The minimum Gasteiger partial charge on any atom is -0.335 e. The molecule has 2 aliphatic rings. The van der Waals surface area contributed by atoms with Gasteiger partial charge >= 0.3 is 0 Å². The summed E-state index contributed by atoms with van der Waals surface area (Å²) in [6.07, 6.45) is 6.85. The summed E-state index contributed by atoms with van der Waals surface area (Å²) in [6.45, 7) is 6.47. The second kappa shape index (κ2) is 6.40. The molecule has 152 valence electrons. The molecule has 0 spiro atoms. The summed E-state index contributed by atoms with van der Waals surface area (Å²) < 4.78 is 0. The van der Waals surface area contributed by atoms with Crippen molar-refractivity contribution in [3.63, 3.8) is 0 Å². The average molecular weight is 393 g/mol. The molecule has 0 aliphatic heterocycles. The monoisotopic (exact) mass is 392 g/mol. The topological polar surface area (TPSA) is 90.6 Å². The molecule has 1 fully saturated rings. The van der Waals surface area contributed by atoms with Crippen LogP contribution in [0.1, 0.15) is 51.3 Å². The summed E-state index contributed by atoms with van der Waals surface area (Å²) in [7, 11) is 1.82. The van der Waals surface area contributed by atoms with Crippen LogP contribution in [0.15, 0.2) is 12.3 Å². The van der Waals surface area contributed by atoms with Gasteiger partial charge in [-0.1, -0.05) is 20.8 Å². The SMILES string of the molecule is CCC(CC)C(=O)N(C)c1cnc2nc(-c3n[nH]c4c3C[C@@H]3C[C@]3(C)C4)[nH]c2c1. The number of nitrogens with one attached hydrogen (secondary N) is 2. The Balaban J connectivity index is 1.46. The summed E-state index contributed by atoms with van der Waals surface area (Å²) in [5, 5.41) is 7.81. The molecule has 7 nitrogen and oxygen atoms in total. The lowest BCUT2D eigenvalue weighted by molar-refractivity contribution is -0.122. The van der Waals surface area contributed by atoms with Gasteiger partial charge in [0, 0.05) is 24.2 Å². The number of aromatic nitrogens is 5. The number of imidazole rings is 1. The van der Waals surface area contributed by atoms with Crippen molar-refractivity contribution in [2.24, 2.45) is 17.3 Å².